The molecule has 1 saturated carbocycles. The van der Waals surface area contributed by atoms with Gasteiger partial charge in [-0.05, 0) is 37.6 Å². The molecule has 0 amide bonds. The predicted molar refractivity (Wildman–Crippen MR) is 77.8 cm³/mol. The molecule has 4 heteroatoms. The van der Waals surface area contributed by atoms with Crippen molar-refractivity contribution in [2.24, 2.45) is 18.9 Å². The van der Waals surface area contributed by atoms with Gasteiger partial charge in [-0.2, -0.15) is 0 Å². The molecule has 1 aliphatic rings. The molecule has 1 aromatic heterocycles. The van der Waals surface area contributed by atoms with E-state index in [1.807, 2.05) is 17.9 Å². The van der Waals surface area contributed by atoms with Gasteiger partial charge >= 0.3 is 0 Å². The molecule has 1 N–H and O–H groups in total. The fourth-order valence-corrected chi connectivity index (χ4v) is 3.40. The molecule has 2 rings (SSSR count). The zero-order chi connectivity index (χ0) is 13.7. The van der Waals surface area contributed by atoms with E-state index in [1.165, 1.54) is 44.2 Å². The SMILES string of the molecule is CCCNC(c1cnnn1C)C1CCCC(CC)C1. The molecule has 1 aliphatic carbocycles. The van der Waals surface area contributed by atoms with Crippen LogP contribution in [-0.4, -0.2) is 21.5 Å². The lowest BCUT2D eigenvalue weighted by molar-refractivity contribution is 0.204. The molecule has 0 aliphatic heterocycles. The first-order valence-corrected chi connectivity index (χ1v) is 7.84. The van der Waals surface area contributed by atoms with E-state index in [0.29, 0.717) is 6.04 Å². The molecular weight excluding hydrogens is 236 g/mol. The fourth-order valence-electron chi connectivity index (χ4n) is 3.40. The zero-order valence-corrected chi connectivity index (χ0v) is 12.6. The number of nitrogens with zero attached hydrogens (tertiary/aromatic N) is 3. The summed E-state index contributed by atoms with van der Waals surface area (Å²) in [5.74, 6) is 1.65. The minimum atomic E-state index is 0.425. The van der Waals surface area contributed by atoms with E-state index in [0.717, 1.165) is 18.4 Å². The lowest BCUT2D eigenvalue weighted by Gasteiger charge is -2.34. The molecule has 3 atom stereocenters. The minimum absolute atomic E-state index is 0.425. The zero-order valence-electron chi connectivity index (χ0n) is 12.6. The van der Waals surface area contributed by atoms with E-state index in [2.05, 4.69) is 29.5 Å². The van der Waals surface area contributed by atoms with Gasteiger partial charge in [0.25, 0.3) is 0 Å². The maximum Gasteiger partial charge on any atom is 0.0756 e. The highest BCUT2D eigenvalue weighted by atomic mass is 15.4. The number of hydrogen-bond donors (Lipinski definition) is 1. The van der Waals surface area contributed by atoms with Crippen molar-refractivity contribution in [3.8, 4) is 0 Å². The molecule has 108 valence electrons. The first kappa shape index (κ1) is 14.5. The lowest BCUT2D eigenvalue weighted by Crippen LogP contribution is -2.33. The van der Waals surface area contributed by atoms with Crippen molar-refractivity contribution in [1.82, 2.24) is 20.3 Å². The van der Waals surface area contributed by atoms with Gasteiger partial charge in [-0.25, -0.2) is 0 Å². The maximum absolute atomic E-state index is 4.11. The second-order valence-corrected chi connectivity index (χ2v) is 5.92. The number of hydrogen-bond acceptors (Lipinski definition) is 3. The number of rotatable bonds is 6. The maximum atomic E-state index is 4.11. The van der Waals surface area contributed by atoms with Crippen molar-refractivity contribution < 1.29 is 0 Å². The Kier molecular flexibility index (Phi) is 5.37. The van der Waals surface area contributed by atoms with Crippen LogP contribution in [-0.2, 0) is 7.05 Å². The summed E-state index contributed by atoms with van der Waals surface area (Å²) < 4.78 is 1.93. The quantitative estimate of drug-likeness (QED) is 0.858. The van der Waals surface area contributed by atoms with Gasteiger partial charge in [-0.15, -0.1) is 5.10 Å². The van der Waals surface area contributed by atoms with Gasteiger partial charge in [-0.1, -0.05) is 38.3 Å². The third-order valence-corrected chi connectivity index (χ3v) is 4.55. The van der Waals surface area contributed by atoms with Crippen LogP contribution in [0.15, 0.2) is 6.20 Å². The molecule has 0 saturated heterocycles. The molecule has 1 fully saturated rings. The third-order valence-electron chi connectivity index (χ3n) is 4.55. The molecule has 0 spiro atoms. The summed E-state index contributed by atoms with van der Waals surface area (Å²) in [5, 5.41) is 11.9. The summed E-state index contributed by atoms with van der Waals surface area (Å²) >= 11 is 0. The topological polar surface area (TPSA) is 42.7 Å². The van der Waals surface area contributed by atoms with Gasteiger partial charge in [-0.3, -0.25) is 4.68 Å². The summed E-state index contributed by atoms with van der Waals surface area (Å²) in [7, 11) is 2.00. The van der Waals surface area contributed by atoms with Gasteiger partial charge < -0.3 is 5.32 Å². The minimum Gasteiger partial charge on any atom is -0.308 e. The van der Waals surface area contributed by atoms with Crippen LogP contribution in [0.3, 0.4) is 0 Å². The van der Waals surface area contributed by atoms with Crippen molar-refractivity contribution in [3.05, 3.63) is 11.9 Å². The Morgan fingerprint density at radius 1 is 1.42 bits per heavy atom. The first-order valence-electron chi connectivity index (χ1n) is 7.84. The Morgan fingerprint density at radius 2 is 2.26 bits per heavy atom. The van der Waals surface area contributed by atoms with Crippen LogP contribution < -0.4 is 5.32 Å². The van der Waals surface area contributed by atoms with E-state index < -0.39 is 0 Å². The Bertz CT molecular complexity index is 374. The highest BCUT2D eigenvalue weighted by molar-refractivity contribution is 5.05. The second-order valence-electron chi connectivity index (χ2n) is 5.92. The normalized spacial score (nSPS) is 25.4. The lowest BCUT2D eigenvalue weighted by atomic mass is 9.76. The molecular formula is C15H28N4. The largest absolute Gasteiger partial charge is 0.308 e. The van der Waals surface area contributed by atoms with Crippen LogP contribution in [0.4, 0.5) is 0 Å². The van der Waals surface area contributed by atoms with Crippen molar-refractivity contribution in [2.75, 3.05) is 6.54 Å². The Hall–Kier alpha value is -0.900. The van der Waals surface area contributed by atoms with E-state index in [9.17, 15) is 0 Å². The van der Waals surface area contributed by atoms with Crippen LogP contribution in [0.1, 0.15) is 64.1 Å². The summed E-state index contributed by atoms with van der Waals surface area (Å²) in [4.78, 5) is 0. The van der Waals surface area contributed by atoms with Gasteiger partial charge in [0.1, 0.15) is 0 Å². The Labute approximate surface area is 117 Å². The van der Waals surface area contributed by atoms with E-state index in [4.69, 9.17) is 0 Å². The number of aromatic nitrogens is 3. The number of nitrogens with one attached hydrogen (secondary N) is 1. The van der Waals surface area contributed by atoms with E-state index >= 15 is 0 Å². The van der Waals surface area contributed by atoms with Crippen LogP contribution in [0.5, 0.6) is 0 Å². The molecule has 1 aromatic rings. The molecule has 19 heavy (non-hydrogen) atoms. The molecule has 0 aromatic carbocycles. The predicted octanol–water partition coefficient (Wildman–Crippen LogP) is 3.07. The monoisotopic (exact) mass is 264 g/mol. The van der Waals surface area contributed by atoms with Gasteiger partial charge in [0.05, 0.1) is 17.9 Å². The van der Waals surface area contributed by atoms with Crippen LogP contribution in [0.2, 0.25) is 0 Å². The van der Waals surface area contributed by atoms with Crippen molar-refractivity contribution in [1.29, 1.82) is 0 Å². The average molecular weight is 264 g/mol. The third kappa shape index (κ3) is 3.56. The Balaban J connectivity index is 2.10. The van der Waals surface area contributed by atoms with Crippen molar-refractivity contribution in [3.63, 3.8) is 0 Å². The van der Waals surface area contributed by atoms with Crippen LogP contribution >= 0.6 is 0 Å². The first-order chi connectivity index (χ1) is 9.26. The van der Waals surface area contributed by atoms with Crippen LogP contribution in [0, 0.1) is 11.8 Å². The van der Waals surface area contributed by atoms with Crippen molar-refractivity contribution >= 4 is 0 Å². The molecule has 0 bridgehead atoms. The standard InChI is InChI=1S/C15H28N4/c1-4-9-16-15(14-11-17-18-19(14)3)13-8-6-7-12(5-2)10-13/h11-13,15-16H,4-10H2,1-3H3. The summed E-state index contributed by atoms with van der Waals surface area (Å²) in [5.41, 5.74) is 1.25. The van der Waals surface area contributed by atoms with E-state index in [1.54, 1.807) is 0 Å². The van der Waals surface area contributed by atoms with Crippen LogP contribution in [0.25, 0.3) is 0 Å². The Morgan fingerprint density at radius 3 is 2.89 bits per heavy atom. The molecule has 0 radical (unpaired) electrons. The highest BCUT2D eigenvalue weighted by Gasteiger charge is 2.30. The number of aryl methyl sites for hydroxylation is 1. The smallest absolute Gasteiger partial charge is 0.0756 e. The second kappa shape index (κ2) is 7.04. The average Bonchev–Trinajstić information content (AvgIpc) is 2.86. The summed E-state index contributed by atoms with van der Waals surface area (Å²) in [6.45, 7) is 5.62. The van der Waals surface area contributed by atoms with Gasteiger partial charge in [0, 0.05) is 7.05 Å². The van der Waals surface area contributed by atoms with Gasteiger partial charge in [0.15, 0.2) is 0 Å². The highest BCUT2D eigenvalue weighted by Crippen LogP contribution is 2.38. The van der Waals surface area contributed by atoms with E-state index in [-0.39, 0.29) is 0 Å². The summed E-state index contributed by atoms with van der Waals surface area (Å²) in [6, 6.07) is 0.425. The fraction of sp³-hybridized carbons (Fsp3) is 0.867. The molecule has 1 heterocycles. The summed E-state index contributed by atoms with van der Waals surface area (Å²) in [6.07, 6.45) is 9.90. The molecule has 4 nitrogen and oxygen atoms in total. The van der Waals surface area contributed by atoms with Gasteiger partial charge in [0.2, 0.25) is 0 Å². The molecule has 3 unspecified atom stereocenters. The van der Waals surface area contributed by atoms with Crippen molar-refractivity contribution in [2.45, 2.75) is 58.4 Å².